The fourth-order valence-electron chi connectivity index (χ4n) is 3.00. The van der Waals surface area contributed by atoms with Gasteiger partial charge in [-0.3, -0.25) is 4.79 Å². The third kappa shape index (κ3) is 1.97. The largest absolute Gasteiger partial charge is 0.508 e. The smallest absolute Gasteiger partial charge is 0.314 e. The van der Waals surface area contributed by atoms with E-state index in [2.05, 4.69) is 0 Å². The van der Waals surface area contributed by atoms with Crippen LogP contribution >= 0.6 is 11.6 Å². The number of aliphatic carboxylic acids is 1. The summed E-state index contributed by atoms with van der Waals surface area (Å²) < 4.78 is 0. The molecule has 1 aliphatic carbocycles. The Morgan fingerprint density at radius 2 is 1.89 bits per heavy atom. The Bertz CT molecular complexity index is 476. The Labute approximate surface area is 111 Å². The number of aromatic hydroxyl groups is 1. The molecular weight excluding hydrogens is 252 g/mol. The van der Waals surface area contributed by atoms with Gasteiger partial charge in [0.25, 0.3) is 0 Å². The zero-order valence-electron chi connectivity index (χ0n) is 10.4. The van der Waals surface area contributed by atoms with Gasteiger partial charge in [0, 0.05) is 10.6 Å². The highest BCUT2D eigenvalue weighted by atomic mass is 35.5. The van der Waals surface area contributed by atoms with Crippen LogP contribution < -0.4 is 0 Å². The molecule has 3 nitrogen and oxygen atoms in total. The lowest BCUT2D eigenvalue weighted by atomic mass is 9.68. The van der Waals surface area contributed by atoms with E-state index in [0.717, 1.165) is 19.3 Å². The van der Waals surface area contributed by atoms with Crippen molar-refractivity contribution in [1.82, 2.24) is 0 Å². The minimum Gasteiger partial charge on any atom is -0.508 e. The molecule has 4 heteroatoms. The minimum absolute atomic E-state index is 0.0428. The number of phenolic OH excluding ortho intramolecular Hbond substituents is 1. The number of halogens is 1. The molecule has 0 atom stereocenters. The highest BCUT2D eigenvalue weighted by Crippen LogP contribution is 2.46. The maximum absolute atomic E-state index is 11.7. The van der Waals surface area contributed by atoms with E-state index in [1.807, 2.05) is 0 Å². The summed E-state index contributed by atoms with van der Waals surface area (Å²) in [5, 5.41) is 20.2. The molecule has 1 aliphatic rings. The van der Waals surface area contributed by atoms with Gasteiger partial charge in [-0.2, -0.15) is 0 Å². The average molecular weight is 269 g/mol. The Balaban J connectivity index is 2.63. The molecule has 0 bridgehead atoms. The number of hydrogen-bond acceptors (Lipinski definition) is 2. The fourth-order valence-corrected chi connectivity index (χ4v) is 3.16. The summed E-state index contributed by atoms with van der Waals surface area (Å²) >= 11 is 6.07. The van der Waals surface area contributed by atoms with Gasteiger partial charge < -0.3 is 10.2 Å². The number of rotatable bonds is 2. The van der Waals surface area contributed by atoms with Crippen molar-refractivity contribution in [2.75, 3.05) is 0 Å². The lowest BCUT2D eigenvalue weighted by Gasteiger charge is -2.35. The van der Waals surface area contributed by atoms with Crippen LogP contribution in [0.5, 0.6) is 5.75 Å². The molecule has 1 aromatic carbocycles. The van der Waals surface area contributed by atoms with E-state index in [-0.39, 0.29) is 5.75 Å². The first kappa shape index (κ1) is 13.2. The first-order chi connectivity index (χ1) is 8.49. The van der Waals surface area contributed by atoms with E-state index >= 15 is 0 Å². The topological polar surface area (TPSA) is 57.5 Å². The van der Waals surface area contributed by atoms with Crippen LogP contribution in [-0.2, 0) is 10.2 Å². The van der Waals surface area contributed by atoms with Crippen LogP contribution in [0.1, 0.15) is 43.2 Å². The van der Waals surface area contributed by atoms with E-state index in [9.17, 15) is 15.0 Å². The van der Waals surface area contributed by atoms with Crippen molar-refractivity contribution in [1.29, 1.82) is 0 Å². The first-order valence-corrected chi connectivity index (χ1v) is 6.59. The number of hydrogen-bond donors (Lipinski definition) is 2. The molecule has 0 aromatic heterocycles. The van der Waals surface area contributed by atoms with Crippen LogP contribution in [0, 0.1) is 6.92 Å². The molecule has 98 valence electrons. The minimum atomic E-state index is -0.975. The van der Waals surface area contributed by atoms with Crippen molar-refractivity contribution < 1.29 is 15.0 Å². The lowest BCUT2D eigenvalue weighted by molar-refractivity contribution is -0.145. The second-order valence-corrected chi connectivity index (χ2v) is 5.42. The van der Waals surface area contributed by atoms with Crippen LogP contribution in [0.3, 0.4) is 0 Å². The van der Waals surface area contributed by atoms with Gasteiger partial charge >= 0.3 is 5.97 Å². The summed E-state index contributed by atoms with van der Waals surface area (Å²) in [5.74, 6) is -0.816. The van der Waals surface area contributed by atoms with Crippen LogP contribution in [0.2, 0.25) is 5.02 Å². The fraction of sp³-hybridized carbons (Fsp3) is 0.500. The maximum atomic E-state index is 11.7. The monoisotopic (exact) mass is 268 g/mol. The summed E-state index contributed by atoms with van der Waals surface area (Å²) in [5.41, 5.74) is 0.209. The predicted molar refractivity (Wildman–Crippen MR) is 70.3 cm³/mol. The molecule has 1 aromatic rings. The zero-order valence-corrected chi connectivity index (χ0v) is 11.1. The molecule has 1 saturated carbocycles. The Morgan fingerprint density at radius 1 is 1.28 bits per heavy atom. The quantitative estimate of drug-likeness (QED) is 0.861. The van der Waals surface area contributed by atoms with Crippen molar-refractivity contribution in [3.8, 4) is 5.75 Å². The second kappa shape index (κ2) is 4.81. The molecule has 18 heavy (non-hydrogen) atoms. The highest BCUT2D eigenvalue weighted by Gasteiger charge is 2.44. The van der Waals surface area contributed by atoms with E-state index in [0.29, 0.717) is 29.0 Å². The Morgan fingerprint density at radius 3 is 2.44 bits per heavy atom. The van der Waals surface area contributed by atoms with Gasteiger partial charge in [0.1, 0.15) is 5.75 Å². The number of carboxylic acid groups (broad SMARTS) is 1. The number of phenols is 1. The summed E-state index contributed by atoms with van der Waals surface area (Å²) in [6, 6.07) is 3.10. The molecule has 0 saturated heterocycles. The van der Waals surface area contributed by atoms with Crippen molar-refractivity contribution in [2.45, 2.75) is 44.4 Å². The van der Waals surface area contributed by atoms with Crippen molar-refractivity contribution in [3.05, 3.63) is 28.3 Å². The average Bonchev–Trinajstić information content (AvgIpc) is 2.35. The van der Waals surface area contributed by atoms with E-state index in [1.165, 1.54) is 6.07 Å². The van der Waals surface area contributed by atoms with E-state index in [1.54, 1.807) is 13.0 Å². The standard InChI is InChI=1S/C14H17ClO3/c1-9-10(15)5-6-11(16)12(9)14(13(17)18)7-3-2-4-8-14/h5-6,16H,2-4,7-8H2,1H3,(H,17,18). The number of benzene rings is 1. The third-order valence-electron chi connectivity index (χ3n) is 3.97. The normalized spacial score (nSPS) is 18.6. The summed E-state index contributed by atoms with van der Waals surface area (Å²) in [6.45, 7) is 1.77. The highest BCUT2D eigenvalue weighted by molar-refractivity contribution is 6.31. The molecule has 0 heterocycles. The zero-order chi connectivity index (χ0) is 13.3. The van der Waals surface area contributed by atoms with Crippen LogP contribution in [0.15, 0.2) is 12.1 Å². The third-order valence-corrected chi connectivity index (χ3v) is 4.38. The van der Waals surface area contributed by atoms with E-state index < -0.39 is 11.4 Å². The molecule has 0 radical (unpaired) electrons. The van der Waals surface area contributed by atoms with Gasteiger partial charge in [0.05, 0.1) is 5.41 Å². The van der Waals surface area contributed by atoms with E-state index in [4.69, 9.17) is 11.6 Å². The van der Waals surface area contributed by atoms with Crippen molar-refractivity contribution in [2.24, 2.45) is 0 Å². The SMILES string of the molecule is Cc1c(Cl)ccc(O)c1C1(C(=O)O)CCCCC1. The molecular formula is C14H17ClO3. The van der Waals surface area contributed by atoms with Gasteiger partial charge in [-0.25, -0.2) is 0 Å². The molecule has 1 fully saturated rings. The summed E-state index contributed by atoms with van der Waals surface area (Å²) in [7, 11) is 0. The van der Waals surface area contributed by atoms with Gasteiger partial charge in [-0.1, -0.05) is 30.9 Å². The molecule has 0 amide bonds. The Kier molecular flexibility index (Phi) is 3.53. The lowest BCUT2D eigenvalue weighted by Crippen LogP contribution is -2.38. The summed E-state index contributed by atoms with van der Waals surface area (Å²) in [6.07, 6.45) is 3.93. The molecule has 0 spiro atoms. The molecule has 0 aliphatic heterocycles. The number of carbonyl (C=O) groups is 1. The second-order valence-electron chi connectivity index (χ2n) is 5.01. The van der Waals surface area contributed by atoms with Gasteiger partial charge in [-0.05, 0) is 37.5 Å². The van der Waals surface area contributed by atoms with Gasteiger partial charge in [0.2, 0.25) is 0 Å². The van der Waals surface area contributed by atoms with Gasteiger partial charge in [0.15, 0.2) is 0 Å². The van der Waals surface area contributed by atoms with Crippen molar-refractivity contribution >= 4 is 17.6 Å². The summed E-state index contributed by atoms with van der Waals surface area (Å²) in [4.78, 5) is 11.7. The van der Waals surface area contributed by atoms with Gasteiger partial charge in [-0.15, -0.1) is 0 Å². The predicted octanol–water partition coefficient (Wildman–Crippen LogP) is 3.64. The maximum Gasteiger partial charge on any atom is 0.314 e. The van der Waals surface area contributed by atoms with Crippen LogP contribution in [0.4, 0.5) is 0 Å². The number of carboxylic acids is 1. The van der Waals surface area contributed by atoms with Crippen LogP contribution in [-0.4, -0.2) is 16.2 Å². The molecule has 0 unspecified atom stereocenters. The van der Waals surface area contributed by atoms with Crippen molar-refractivity contribution in [3.63, 3.8) is 0 Å². The Hall–Kier alpha value is -1.22. The van der Waals surface area contributed by atoms with Crippen LogP contribution in [0.25, 0.3) is 0 Å². The molecule has 2 N–H and O–H groups in total. The first-order valence-electron chi connectivity index (χ1n) is 6.21. The molecule has 2 rings (SSSR count).